The Labute approximate surface area is 173 Å². The van der Waals surface area contributed by atoms with Crippen molar-refractivity contribution in [3.05, 3.63) is 29.8 Å². The predicted molar refractivity (Wildman–Crippen MR) is 113 cm³/mol. The number of hydrogen-bond donors (Lipinski definition) is 5. The van der Waals surface area contributed by atoms with Gasteiger partial charge in [-0.3, -0.25) is 9.59 Å². The summed E-state index contributed by atoms with van der Waals surface area (Å²) in [5.74, 6) is -1.62. The molecule has 0 aromatic heterocycles. The molecule has 1 aliphatic rings. The van der Waals surface area contributed by atoms with Crippen molar-refractivity contribution in [3.8, 4) is 5.75 Å². The molecule has 0 heterocycles. The Morgan fingerprint density at radius 3 is 1.93 bits per heavy atom. The van der Waals surface area contributed by atoms with Crippen LogP contribution in [0.5, 0.6) is 5.75 Å². The highest BCUT2D eigenvalue weighted by Crippen LogP contribution is 2.17. The van der Waals surface area contributed by atoms with Gasteiger partial charge in [0.05, 0.1) is 6.54 Å². The second-order valence-corrected chi connectivity index (χ2v) is 8.09. The minimum atomic E-state index is -1.27. The number of phenols is 1. The second-order valence-electron chi connectivity index (χ2n) is 8.09. The predicted octanol–water partition coefficient (Wildman–Crippen LogP) is 3.29. The van der Waals surface area contributed by atoms with Gasteiger partial charge in [0.25, 0.3) is 0 Å². The van der Waals surface area contributed by atoms with Gasteiger partial charge in [0.1, 0.15) is 11.3 Å². The van der Waals surface area contributed by atoms with Crippen LogP contribution in [-0.4, -0.2) is 45.4 Å². The van der Waals surface area contributed by atoms with E-state index in [9.17, 15) is 9.59 Å². The van der Waals surface area contributed by atoms with Gasteiger partial charge in [-0.05, 0) is 37.5 Å². The van der Waals surface area contributed by atoms with E-state index in [0.29, 0.717) is 6.04 Å². The summed E-state index contributed by atoms with van der Waals surface area (Å²) in [7, 11) is 0. The standard InChI is InChI=1S/C12H23NO2.C10H13NO3/c14-12(15)10-13-11-8-6-4-2-1-3-5-7-9-11;1-10(11,9(13)14)6-7-2-4-8(12)5-3-7/h11,13H,1-10H2,(H,14,15);2-5,12H,6,11H2,1H3,(H,13,14)/t;10-/m.1/s1. The van der Waals surface area contributed by atoms with E-state index < -0.39 is 17.5 Å². The quantitative estimate of drug-likeness (QED) is 0.488. The summed E-state index contributed by atoms with van der Waals surface area (Å²) in [6, 6.07) is 6.76. The molecule has 0 bridgehead atoms. The maximum absolute atomic E-state index is 10.7. The van der Waals surface area contributed by atoms with Crippen molar-refractivity contribution in [3.63, 3.8) is 0 Å². The fourth-order valence-electron chi connectivity index (χ4n) is 3.36. The minimum Gasteiger partial charge on any atom is -0.508 e. The van der Waals surface area contributed by atoms with Gasteiger partial charge in [0.15, 0.2) is 0 Å². The lowest BCUT2D eigenvalue weighted by Gasteiger charge is -2.18. The molecular formula is C22H36N2O5. The number of phenolic OH excluding ortho intramolecular Hbond substituents is 1. The first-order valence-corrected chi connectivity index (χ1v) is 10.5. The first-order valence-electron chi connectivity index (χ1n) is 10.5. The Balaban J connectivity index is 0.000000291. The largest absolute Gasteiger partial charge is 0.508 e. The normalized spacial score (nSPS) is 18.0. The van der Waals surface area contributed by atoms with Gasteiger partial charge in [-0.2, -0.15) is 0 Å². The van der Waals surface area contributed by atoms with Crippen molar-refractivity contribution in [1.29, 1.82) is 0 Å². The molecule has 1 aromatic carbocycles. The average molecular weight is 409 g/mol. The van der Waals surface area contributed by atoms with Crippen LogP contribution in [0.2, 0.25) is 0 Å². The highest BCUT2D eigenvalue weighted by Gasteiger charge is 2.27. The molecule has 1 aliphatic carbocycles. The first kappa shape index (κ1) is 24.9. The third kappa shape index (κ3) is 11.5. The van der Waals surface area contributed by atoms with Crippen molar-refractivity contribution >= 4 is 11.9 Å². The van der Waals surface area contributed by atoms with Crippen LogP contribution >= 0.6 is 0 Å². The Kier molecular flexibility index (Phi) is 11.3. The van der Waals surface area contributed by atoms with Crippen LogP contribution in [0, 0.1) is 0 Å². The molecule has 0 aliphatic heterocycles. The molecule has 0 spiro atoms. The molecule has 1 fully saturated rings. The number of carbonyl (C=O) groups is 2. The maximum Gasteiger partial charge on any atom is 0.323 e. The zero-order valence-electron chi connectivity index (χ0n) is 17.4. The van der Waals surface area contributed by atoms with Gasteiger partial charge >= 0.3 is 11.9 Å². The monoisotopic (exact) mass is 408 g/mol. The van der Waals surface area contributed by atoms with Crippen LogP contribution in [0.1, 0.15) is 70.3 Å². The zero-order valence-corrected chi connectivity index (χ0v) is 17.4. The summed E-state index contributed by atoms with van der Waals surface area (Å²) in [5, 5.41) is 29.5. The van der Waals surface area contributed by atoms with Gasteiger partial charge in [0, 0.05) is 12.5 Å². The highest BCUT2D eigenvalue weighted by molar-refractivity contribution is 5.78. The van der Waals surface area contributed by atoms with E-state index >= 15 is 0 Å². The first-order chi connectivity index (χ1) is 13.7. The third-order valence-electron chi connectivity index (χ3n) is 5.14. The number of hydrogen-bond acceptors (Lipinski definition) is 5. The van der Waals surface area contributed by atoms with Crippen molar-refractivity contribution in [1.82, 2.24) is 5.32 Å². The summed E-state index contributed by atoms with van der Waals surface area (Å²) in [4.78, 5) is 21.2. The molecule has 7 heteroatoms. The molecule has 2 rings (SSSR count). The summed E-state index contributed by atoms with van der Waals surface area (Å²) in [5.41, 5.74) is 5.09. The molecule has 1 aromatic rings. The Morgan fingerprint density at radius 1 is 1.00 bits per heavy atom. The summed E-state index contributed by atoms with van der Waals surface area (Å²) in [6.45, 7) is 1.58. The van der Waals surface area contributed by atoms with Crippen molar-refractivity contribution < 1.29 is 24.9 Å². The van der Waals surface area contributed by atoms with Crippen molar-refractivity contribution in [2.24, 2.45) is 5.73 Å². The Hall–Kier alpha value is -2.12. The number of aromatic hydroxyl groups is 1. The molecule has 0 saturated heterocycles. The topological polar surface area (TPSA) is 133 Å². The molecule has 1 atom stereocenters. The molecule has 0 radical (unpaired) electrons. The molecule has 1 saturated carbocycles. The van der Waals surface area contributed by atoms with Gasteiger partial charge in [-0.1, -0.05) is 57.1 Å². The molecule has 6 N–H and O–H groups in total. The van der Waals surface area contributed by atoms with Crippen molar-refractivity contribution in [2.45, 2.75) is 82.7 Å². The fraction of sp³-hybridized carbons (Fsp3) is 0.636. The van der Waals surface area contributed by atoms with E-state index in [4.69, 9.17) is 21.1 Å². The number of carboxylic acids is 2. The molecule has 0 unspecified atom stereocenters. The highest BCUT2D eigenvalue weighted by atomic mass is 16.4. The smallest absolute Gasteiger partial charge is 0.323 e. The van der Waals surface area contributed by atoms with Crippen LogP contribution in [0.3, 0.4) is 0 Å². The lowest BCUT2D eigenvalue weighted by molar-refractivity contribution is -0.142. The number of rotatable bonds is 6. The SMILES string of the molecule is C[C@@](N)(Cc1ccc(O)cc1)C(=O)O.O=C(O)CNC1CCCCCCCCC1. The number of carboxylic acid groups (broad SMARTS) is 2. The summed E-state index contributed by atoms with van der Waals surface area (Å²) >= 11 is 0. The molecule has 7 nitrogen and oxygen atoms in total. The Bertz CT molecular complexity index is 606. The molecule has 164 valence electrons. The molecule has 29 heavy (non-hydrogen) atoms. The lowest BCUT2D eigenvalue weighted by atomic mass is 9.94. The number of benzene rings is 1. The van der Waals surface area contributed by atoms with E-state index in [-0.39, 0.29) is 18.7 Å². The van der Waals surface area contributed by atoms with Gasteiger partial charge in [-0.25, -0.2) is 0 Å². The molecule has 0 amide bonds. The van der Waals surface area contributed by atoms with Gasteiger partial charge in [-0.15, -0.1) is 0 Å². The van der Waals surface area contributed by atoms with Crippen LogP contribution in [0.15, 0.2) is 24.3 Å². The third-order valence-corrected chi connectivity index (χ3v) is 5.14. The summed E-state index contributed by atoms with van der Waals surface area (Å²) in [6.07, 6.45) is 11.7. The van der Waals surface area contributed by atoms with Crippen LogP contribution in [0.4, 0.5) is 0 Å². The van der Waals surface area contributed by atoms with E-state index in [0.717, 1.165) is 18.4 Å². The van der Waals surface area contributed by atoms with E-state index in [1.807, 2.05) is 0 Å². The number of nitrogens with two attached hydrogens (primary N) is 1. The van der Waals surface area contributed by atoms with E-state index in [1.54, 1.807) is 12.1 Å². The van der Waals surface area contributed by atoms with E-state index in [2.05, 4.69) is 5.32 Å². The van der Waals surface area contributed by atoms with Crippen LogP contribution < -0.4 is 11.1 Å². The number of aliphatic carboxylic acids is 2. The number of nitrogens with one attached hydrogen (secondary N) is 1. The minimum absolute atomic E-state index is 0.116. The van der Waals surface area contributed by atoms with Crippen LogP contribution in [0.25, 0.3) is 0 Å². The average Bonchev–Trinajstić information content (AvgIpc) is 2.67. The van der Waals surface area contributed by atoms with Gasteiger partial charge in [0.2, 0.25) is 0 Å². The maximum atomic E-state index is 10.7. The Morgan fingerprint density at radius 2 is 1.48 bits per heavy atom. The zero-order chi connectivity index (χ0) is 21.7. The fourth-order valence-corrected chi connectivity index (χ4v) is 3.36. The molecular weight excluding hydrogens is 372 g/mol. The summed E-state index contributed by atoms with van der Waals surface area (Å²) < 4.78 is 0. The van der Waals surface area contributed by atoms with E-state index in [1.165, 1.54) is 64.0 Å². The van der Waals surface area contributed by atoms with Crippen molar-refractivity contribution in [2.75, 3.05) is 6.54 Å². The lowest BCUT2D eigenvalue weighted by Crippen LogP contribution is -2.46. The second kappa shape index (κ2) is 13.2. The van der Waals surface area contributed by atoms with Gasteiger partial charge < -0.3 is 26.4 Å². The van der Waals surface area contributed by atoms with Crippen LogP contribution in [-0.2, 0) is 16.0 Å².